The fourth-order valence-electron chi connectivity index (χ4n) is 1.96. The first-order chi connectivity index (χ1) is 12.5. The van der Waals surface area contributed by atoms with E-state index in [-0.39, 0.29) is 23.8 Å². The Morgan fingerprint density at radius 2 is 2.08 bits per heavy atom. The second-order valence-electron chi connectivity index (χ2n) is 5.03. The zero-order chi connectivity index (χ0) is 18.9. The number of hydrogen-bond donors (Lipinski definition) is 1. The normalized spacial score (nSPS) is 10.7. The van der Waals surface area contributed by atoms with E-state index in [2.05, 4.69) is 10.5 Å². The highest BCUT2D eigenvalue weighted by atomic mass is 35.5. The summed E-state index contributed by atoms with van der Waals surface area (Å²) in [6.07, 6.45) is 1.63. The number of halogens is 1. The fraction of sp³-hybridized carbons (Fsp3) is 0.176. The van der Waals surface area contributed by atoms with Crippen molar-refractivity contribution in [3.63, 3.8) is 0 Å². The molecule has 136 valence electrons. The highest BCUT2D eigenvalue weighted by Crippen LogP contribution is 2.26. The standard InChI is InChI=1S/C17H16ClN3O4S/c1-25-16-7-2-12(10-15(16)21(23)24)11-19-20-17(22)8-9-26-14-5-3-13(18)4-6-14/h2-7,10-11H,8-9H2,1H3,(H,20,22)/b19-11-. The number of hydrogen-bond acceptors (Lipinski definition) is 6. The second kappa shape index (κ2) is 9.79. The average Bonchev–Trinajstić information content (AvgIpc) is 2.63. The monoisotopic (exact) mass is 393 g/mol. The Morgan fingerprint density at radius 3 is 2.73 bits per heavy atom. The molecule has 0 spiro atoms. The minimum atomic E-state index is -0.539. The van der Waals surface area contributed by atoms with Gasteiger partial charge in [0.05, 0.1) is 18.2 Å². The number of rotatable bonds is 8. The van der Waals surface area contributed by atoms with E-state index in [4.69, 9.17) is 16.3 Å². The Hall–Kier alpha value is -2.58. The van der Waals surface area contributed by atoms with Crippen LogP contribution in [0.4, 0.5) is 5.69 Å². The first-order valence-electron chi connectivity index (χ1n) is 7.52. The highest BCUT2D eigenvalue weighted by Gasteiger charge is 2.14. The maximum Gasteiger partial charge on any atom is 0.311 e. The van der Waals surface area contributed by atoms with Crippen molar-refractivity contribution in [2.24, 2.45) is 5.10 Å². The van der Waals surface area contributed by atoms with Gasteiger partial charge in [0.25, 0.3) is 0 Å². The molecule has 9 heteroatoms. The summed E-state index contributed by atoms with van der Waals surface area (Å²) < 4.78 is 4.93. The van der Waals surface area contributed by atoms with Crippen molar-refractivity contribution in [3.05, 3.63) is 63.2 Å². The molecular weight excluding hydrogens is 378 g/mol. The van der Waals surface area contributed by atoms with Crippen LogP contribution in [0.3, 0.4) is 0 Å². The molecule has 0 saturated heterocycles. The Kier molecular flexibility index (Phi) is 7.43. The molecule has 0 aliphatic rings. The van der Waals surface area contributed by atoms with Gasteiger partial charge in [-0.05, 0) is 36.4 Å². The van der Waals surface area contributed by atoms with E-state index in [1.54, 1.807) is 18.2 Å². The lowest BCUT2D eigenvalue weighted by Gasteiger charge is -2.03. The van der Waals surface area contributed by atoms with Crippen molar-refractivity contribution in [1.82, 2.24) is 5.43 Å². The number of nitro groups is 1. The molecule has 0 aromatic heterocycles. The van der Waals surface area contributed by atoms with Gasteiger partial charge in [0.1, 0.15) is 0 Å². The third-order valence-corrected chi connectivity index (χ3v) is 4.48. The van der Waals surface area contributed by atoms with E-state index in [1.807, 2.05) is 12.1 Å². The van der Waals surface area contributed by atoms with Crippen LogP contribution in [-0.4, -0.2) is 29.9 Å². The summed E-state index contributed by atoms with van der Waals surface area (Å²) in [5, 5.41) is 15.5. The van der Waals surface area contributed by atoms with Crippen LogP contribution in [0.25, 0.3) is 0 Å². The summed E-state index contributed by atoms with van der Waals surface area (Å²) in [6, 6.07) is 11.8. The molecule has 0 aliphatic carbocycles. The van der Waals surface area contributed by atoms with Gasteiger partial charge >= 0.3 is 5.69 Å². The summed E-state index contributed by atoms with van der Waals surface area (Å²) in [6.45, 7) is 0. The second-order valence-corrected chi connectivity index (χ2v) is 6.64. The van der Waals surface area contributed by atoms with Gasteiger partial charge in [-0.3, -0.25) is 14.9 Å². The van der Waals surface area contributed by atoms with Crippen molar-refractivity contribution in [2.75, 3.05) is 12.9 Å². The van der Waals surface area contributed by atoms with Crippen molar-refractivity contribution in [3.8, 4) is 5.75 Å². The predicted molar refractivity (Wildman–Crippen MR) is 102 cm³/mol. The molecular formula is C17H16ClN3O4S. The largest absolute Gasteiger partial charge is 0.490 e. The fourth-order valence-corrected chi connectivity index (χ4v) is 2.93. The van der Waals surface area contributed by atoms with Gasteiger partial charge in [-0.15, -0.1) is 11.8 Å². The van der Waals surface area contributed by atoms with Crippen molar-refractivity contribution in [1.29, 1.82) is 0 Å². The zero-order valence-corrected chi connectivity index (χ0v) is 15.4. The molecule has 0 unspecified atom stereocenters. The molecule has 2 rings (SSSR count). The molecule has 26 heavy (non-hydrogen) atoms. The molecule has 7 nitrogen and oxygen atoms in total. The molecule has 1 amide bonds. The summed E-state index contributed by atoms with van der Waals surface area (Å²) in [5.74, 6) is 0.512. The van der Waals surface area contributed by atoms with Crippen LogP contribution in [0.1, 0.15) is 12.0 Å². The molecule has 1 N–H and O–H groups in total. The number of ether oxygens (including phenoxy) is 1. The number of nitro benzene ring substituents is 1. The molecule has 0 saturated carbocycles. The molecule has 0 radical (unpaired) electrons. The van der Waals surface area contributed by atoms with Crippen molar-refractivity contribution < 1.29 is 14.5 Å². The van der Waals surface area contributed by atoms with E-state index in [0.717, 1.165) is 4.90 Å². The minimum absolute atomic E-state index is 0.162. The quantitative estimate of drug-likeness (QED) is 0.318. The van der Waals surface area contributed by atoms with E-state index in [1.165, 1.54) is 37.2 Å². The van der Waals surface area contributed by atoms with E-state index >= 15 is 0 Å². The van der Waals surface area contributed by atoms with Gasteiger partial charge in [0.2, 0.25) is 5.91 Å². The number of methoxy groups -OCH3 is 1. The first kappa shape index (κ1) is 19.7. The number of carbonyl (C=O) groups excluding carboxylic acids is 1. The smallest absolute Gasteiger partial charge is 0.311 e. The maximum atomic E-state index is 11.8. The lowest BCUT2D eigenvalue weighted by molar-refractivity contribution is -0.385. The summed E-state index contributed by atoms with van der Waals surface area (Å²) in [4.78, 5) is 23.2. The number of benzene rings is 2. The topological polar surface area (TPSA) is 93.8 Å². The SMILES string of the molecule is COc1ccc(/C=N\NC(=O)CCSc2ccc(Cl)cc2)cc1[N+](=O)[O-]. The number of nitrogens with one attached hydrogen (secondary N) is 1. The first-order valence-corrected chi connectivity index (χ1v) is 8.88. The van der Waals surface area contributed by atoms with Gasteiger partial charge < -0.3 is 4.74 Å². The molecule has 0 heterocycles. The number of amides is 1. The molecule has 2 aromatic carbocycles. The van der Waals surface area contributed by atoms with Crippen LogP contribution >= 0.6 is 23.4 Å². The highest BCUT2D eigenvalue weighted by molar-refractivity contribution is 7.99. The number of carbonyl (C=O) groups is 1. The molecule has 0 atom stereocenters. The molecule has 0 fully saturated rings. The average molecular weight is 394 g/mol. The van der Waals surface area contributed by atoms with Gasteiger partial charge in [0, 0.05) is 33.7 Å². The number of thioether (sulfide) groups is 1. The van der Waals surface area contributed by atoms with Crippen LogP contribution in [0.5, 0.6) is 5.75 Å². The van der Waals surface area contributed by atoms with Crippen LogP contribution in [0.15, 0.2) is 52.5 Å². The van der Waals surface area contributed by atoms with E-state index in [0.29, 0.717) is 16.3 Å². The summed E-state index contributed by atoms with van der Waals surface area (Å²) in [7, 11) is 1.36. The molecule has 2 aromatic rings. The third-order valence-electron chi connectivity index (χ3n) is 3.21. The van der Waals surface area contributed by atoms with Crippen LogP contribution in [0.2, 0.25) is 5.02 Å². The van der Waals surface area contributed by atoms with Crippen LogP contribution in [-0.2, 0) is 4.79 Å². The van der Waals surface area contributed by atoms with E-state index < -0.39 is 4.92 Å². The zero-order valence-electron chi connectivity index (χ0n) is 13.8. The number of nitrogens with zero attached hydrogens (tertiary/aromatic N) is 2. The lowest BCUT2D eigenvalue weighted by atomic mass is 10.2. The van der Waals surface area contributed by atoms with Gasteiger partial charge in [0.15, 0.2) is 5.75 Å². The minimum Gasteiger partial charge on any atom is -0.490 e. The molecule has 0 bridgehead atoms. The molecule has 0 aliphatic heterocycles. The Morgan fingerprint density at radius 1 is 1.35 bits per heavy atom. The van der Waals surface area contributed by atoms with Gasteiger partial charge in [-0.25, -0.2) is 5.43 Å². The Bertz CT molecular complexity index is 812. The van der Waals surface area contributed by atoms with Gasteiger partial charge in [-0.1, -0.05) is 11.6 Å². The van der Waals surface area contributed by atoms with Crippen LogP contribution in [0, 0.1) is 10.1 Å². The van der Waals surface area contributed by atoms with E-state index in [9.17, 15) is 14.9 Å². The third kappa shape index (κ3) is 6.05. The Balaban J connectivity index is 1.82. The van der Waals surface area contributed by atoms with Crippen molar-refractivity contribution in [2.45, 2.75) is 11.3 Å². The summed E-state index contributed by atoms with van der Waals surface area (Å²) >= 11 is 7.35. The van der Waals surface area contributed by atoms with Crippen LogP contribution < -0.4 is 10.2 Å². The predicted octanol–water partition coefficient (Wildman–Crippen LogP) is 3.89. The van der Waals surface area contributed by atoms with Crippen molar-refractivity contribution >= 4 is 41.2 Å². The summed E-state index contributed by atoms with van der Waals surface area (Å²) in [5.41, 5.74) is 2.71. The maximum absolute atomic E-state index is 11.8. The number of hydrazone groups is 1. The van der Waals surface area contributed by atoms with Gasteiger partial charge in [-0.2, -0.15) is 5.10 Å². The Labute approximate surface area is 159 Å². The lowest BCUT2D eigenvalue weighted by Crippen LogP contribution is -2.17.